The van der Waals surface area contributed by atoms with Crippen molar-refractivity contribution in [3.05, 3.63) is 71.2 Å². The van der Waals surface area contributed by atoms with E-state index in [-0.39, 0.29) is 23.0 Å². The number of hydrogen-bond acceptors (Lipinski definition) is 6. The number of nitriles is 1. The Morgan fingerprint density at radius 3 is 2.39 bits per heavy atom. The molecular weight excluding hydrogens is 432 g/mol. The maximum Gasteiger partial charge on any atom is 0.266 e. The molecule has 0 aliphatic heterocycles. The highest BCUT2D eigenvalue weighted by molar-refractivity contribution is 7.93. The van der Waals surface area contributed by atoms with Crippen LogP contribution in [-0.2, 0) is 14.8 Å². The quantitative estimate of drug-likeness (QED) is 0.514. The van der Waals surface area contributed by atoms with Crippen LogP contribution in [0.25, 0.3) is 0 Å². The van der Waals surface area contributed by atoms with Crippen molar-refractivity contribution in [1.82, 2.24) is 4.98 Å². The van der Waals surface area contributed by atoms with Gasteiger partial charge in [-0.3, -0.25) is 4.79 Å². The number of carbonyl (C=O) groups is 1. The number of carbonyl (C=O) groups excluding carboxylic acids is 1. The Labute approximate surface area is 186 Å². The van der Waals surface area contributed by atoms with Gasteiger partial charge in [-0.25, -0.2) is 17.7 Å². The number of benzene rings is 2. The summed E-state index contributed by atoms with van der Waals surface area (Å²) in [6.07, 6.45) is 1.62. The van der Waals surface area contributed by atoms with Crippen LogP contribution < -0.4 is 9.21 Å². The normalized spacial score (nSPS) is 11.0. The first kappa shape index (κ1) is 22.5. The highest BCUT2D eigenvalue weighted by Gasteiger charge is 2.31. The highest BCUT2D eigenvalue weighted by atomic mass is 32.2. The van der Waals surface area contributed by atoms with E-state index in [1.54, 1.807) is 23.6 Å². The lowest BCUT2D eigenvalue weighted by molar-refractivity contribution is -0.117. The smallest absolute Gasteiger partial charge is 0.266 e. The zero-order valence-corrected chi connectivity index (χ0v) is 18.9. The fourth-order valence-electron chi connectivity index (χ4n) is 3.19. The van der Waals surface area contributed by atoms with Crippen molar-refractivity contribution in [2.24, 2.45) is 0 Å². The SMILES string of the molecule is Cc1cc(C)cc(N(CCC#N)C(=O)CN(c2nccs2)S(=O)(=O)c2ccccc2)c1. The van der Waals surface area contributed by atoms with Crippen LogP contribution in [-0.4, -0.2) is 32.4 Å². The summed E-state index contributed by atoms with van der Waals surface area (Å²) in [6, 6.07) is 15.7. The average molecular weight is 455 g/mol. The van der Waals surface area contributed by atoms with Gasteiger partial charge in [0.05, 0.1) is 17.4 Å². The standard InChI is InChI=1S/C22H22N4O3S2/c1-17-13-18(2)15-19(14-17)25(11-6-9-23)21(27)16-26(22-24-10-12-30-22)31(28,29)20-7-4-3-5-8-20/h3-5,7-8,10,12-15H,6,11,16H2,1-2H3. The van der Waals surface area contributed by atoms with Gasteiger partial charge in [-0.2, -0.15) is 5.26 Å². The van der Waals surface area contributed by atoms with E-state index in [1.807, 2.05) is 32.0 Å². The topological polar surface area (TPSA) is 94.4 Å². The molecule has 0 saturated carbocycles. The molecule has 1 amide bonds. The summed E-state index contributed by atoms with van der Waals surface area (Å²) < 4.78 is 27.7. The monoisotopic (exact) mass is 454 g/mol. The summed E-state index contributed by atoms with van der Waals surface area (Å²) >= 11 is 1.14. The minimum atomic E-state index is -4.00. The number of aromatic nitrogens is 1. The van der Waals surface area contributed by atoms with Crippen molar-refractivity contribution in [3.8, 4) is 6.07 Å². The van der Waals surface area contributed by atoms with E-state index in [4.69, 9.17) is 5.26 Å². The Hall–Kier alpha value is -3.22. The van der Waals surface area contributed by atoms with Crippen LogP contribution in [0.2, 0.25) is 0 Å². The average Bonchev–Trinajstić information content (AvgIpc) is 3.26. The van der Waals surface area contributed by atoms with Gasteiger partial charge in [0.25, 0.3) is 10.0 Å². The predicted molar refractivity (Wildman–Crippen MR) is 122 cm³/mol. The van der Waals surface area contributed by atoms with E-state index in [2.05, 4.69) is 11.1 Å². The summed E-state index contributed by atoms with van der Waals surface area (Å²) in [5.41, 5.74) is 2.57. The Morgan fingerprint density at radius 2 is 1.81 bits per heavy atom. The lowest BCUT2D eigenvalue weighted by Crippen LogP contribution is -2.43. The van der Waals surface area contributed by atoms with Crippen molar-refractivity contribution in [2.75, 3.05) is 22.3 Å². The molecule has 0 saturated heterocycles. The summed E-state index contributed by atoms with van der Waals surface area (Å²) in [5.74, 6) is -0.435. The molecule has 3 rings (SSSR count). The number of amides is 1. The molecule has 0 bridgehead atoms. The van der Waals surface area contributed by atoms with Crippen molar-refractivity contribution in [3.63, 3.8) is 0 Å². The van der Waals surface area contributed by atoms with Gasteiger partial charge < -0.3 is 4.90 Å². The molecule has 1 aromatic heterocycles. The van der Waals surface area contributed by atoms with E-state index in [1.165, 1.54) is 23.2 Å². The largest absolute Gasteiger partial charge is 0.310 e. The van der Waals surface area contributed by atoms with Crippen molar-refractivity contribution in [1.29, 1.82) is 5.26 Å². The molecule has 0 spiro atoms. The maximum absolute atomic E-state index is 13.3. The van der Waals surface area contributed by atoms with Gasteiger partial charge in [-0.1, -0.05) is 24.3 Å². The van der Waals surface area contributed by atoms with Crippen molar-refractivity contribution in [2.45, 2.75) is 25.2 Å². The van der Waals surface area contributed by atoms with Crippen LogP contribution in [0.1, 0.15) is 17.5 Å². The molecular formula is C22H22N4O3S2. The molecule has 0 atom stereocenters. The molecule has 0 N–H and O–H groups in total. The molecule has 3 aromatic rings. The van der Waals surface area contributed by atoms with Crippen LogP contribution in [0.5, 0.6) is 0 Å². The number of sulfonamides is 1. The first-order valence-corrected chi connectivity index (χ1v) is 11.9. The molecule has 0 aliphatic carbocycles. The van der Waals surface area contributed by atoms with Crippen molar-refractivity contribution >= 4 is 38.1 Å². The van der Waals surface area contributed by atoms with E-state index < -0.39 is 22.5 Å². The first-order chi connectivity index (χ1) is 14.8. The molecule has 31 heavy (non-hydrogen) atoms. The van der Waals surface area contributed by atoms with E-state index in [9.17, 15) is 13.2 Å². The van der Waals surface area contributed by atoms with E-state index >= 15 is 0 Å². The fourth-order valence-corrected chi connectivity index (χ4v) is 5.45. The van der Waals surface area contributed by atoms with Gasteiger partial charge in [0.2, 0.25) is 5.91 Å². The number of aryl methyl sites for hydroxylation is 2. The molecule has 2 aromatic carbocycles. The second-order valence-electron chi connectivity index (χ2n) is 6.94. The second-order valence-corrected chi connectivity index (χ2v) is 9.67. The van der Waals surface area contributed by atoms with Gasteiger partial charge in [0, 0.05) is 23.8 Å². The lowest BCUT2D eigenvalue weighted by atomic mass is 10.1. The summed E-state index contributed by atoms with van der Waals surface area (Å²) in [5, 5.41) is 10.9. The predicted octanol–water partition coefficient (Wildman–Crippen LogP) is 3.90. The number of hydrogen-bond donors (Lipinski definition) is 0. The molecule has 1 heterocycles. The van der Waals surface area contributed by atoms with E-state index in [0.717, 1.165) is 26.8 Å². The minimum Gasteiger partial charge on any atom is -0.310 e. The highest BCUT2D eigenvalue weighted by Crippen LogP contribution is 2.27. The molecule has 0 fully saturated rings. The van der Waals surface area contributed by atoms with Crippen LogP contribution in [0.3, 0.4) is 0 Å². The summed E-state index contributed by atoms with van der Waals surface area (Å²) in [7, 11) is -4.00. The number of anilines is 2. The van der Waals surface area contributed by atoms with Crippen LogP contribution in [0.4, 0.5) is 10.8 Å². The maximum atomic E-state index is 13.3. The zero-order valence-electron chi connectivity index (χ0n) is 17.2. The third-order valence-electron chi connectivity index (χ3n) is 4.51. The molecule has 0 unspecified atom stereocenters. The van der Waals surface area contributed by atoms with Crippen LogP contribution >= 0.6 is 11.3 Å². The third kappa shape index (κ3) is 5.29. The molecule has 7 nitrogen and oxygen atoms in total. The molecule has 0 aliphatic rings. The Bertz CT molecular complexity index is 1170. The van der Waals surface area contributed by atoms with E-state index in [0.29, 0.717) is 5.69 Å². The van der Waals surface area contributed by atoms with Crippen LogP contribution in [0.15, 0.2) is 65.0 Å². The summed E-state index contributed by atoms with van der Waals surface area (Å²) in [4.78, 5) is 19.0. The van der Waals surface area contributed by atoms with Crippen LogP contribution in [0, 0.1) is 25.2 Å². The fraction of sp³-hybridized carbons (Fsp3) is 0.227. The second kappa shape index (κ2) is 9.73. The lowest BCUT2D eigenvalue weighted by Gasteiger charge is -2.27. The van der Waals surface area contributed by atoms with Gasteiger partial charge in [-0.15, -0.1) is 11.3 Å². The molecule has 9 heteroatoms. The Balaban J connectivity index is 1.99. The first-order valence-electron chi connectivity index (χ1n) is 9.56. The Kier molecular flexibility index (Phi) is 7.05. The third-order valence-corrected chi connectivity index (χ3v) is 7.17. The van der Waals surface area contributed by atoms with Crippen molar-refractivity contribution < 1.29 is 13.2 Å². The minimum absolute atomic E-state index is 0.0768. The molecule has 0 radical (unpaired) electrons. The van der Waals surface area contributed by atoms with Gasteiger partial charge >= 0.3 is 0 Å². The van der Waals surface area contributed by atoms with Gasteiger partial charge in [0.15, 0.2) is 5.13 Å². The number of rotatable bonds is 8. The van der Waals surface area contributed by atoms with Gasteiger partial charge in [-0.05, 0) is 49.2 Å². The molecule has 160 valence electrons. The summed E-state index contributed by atoms with van der Waals surface area (Å²) in [6.45, 7) is 3.58. The number of nitrogens with zero attached hydrogens (tertiary/aromatic N) is 4. The Morgan fingerprint density at radius 1 is 1.13 bits per heavy atom. The van der Waals surface area contributed by atoms with Gasteiger partial charge in [0.1, 0.15) is 6.54 Å². The number of thiazole rings is 1. The zero-order chi connectivity index (χ0) is 22.4.